The summed E-state index contributed by atoms with van der Waals surface area (Å²) in [6, 6.07) is 12.5. The molecule has 2 heterocycles. The van der Waals surface area contributed by atoms with Gasteiger partial charge in [-0.2, -0.15) is 4.31 Å². The summed E-state index contributed by atoms with van der Waals surface area (Å²) in [5.41, 5.74) is 1.70. The number of aryl methyl sites for hydroxylation is 1. The summed E-state index contributed by atoms with van der Waals surface area (Å²) in [4.78, 5) is 5.45. The lowest BCUT2D eigenvalue weighted by Gasteiger charge is -2.22. The monoisotopic (exact) mass is 406 g/mol. The quantitative estimate of drug-likeness (QED) is 0.578. The molecule has 0 saturated carbocycles. The maximum absolute atomic E-state index is 13.2. The number of rotatable bonds is 7. The van der Waals surface area contributed by atoms with Crippen LogP contribution in [0.4, 0.5) is 0 Å². The molecule has 2 aromatic heterocycles. The van der Waals surface area contributed by atoms with Crippen LogP contribution in [0.5, 0.6) is 0 Å². The zero-order chi connectivity index (χ0) is 18.6. The van der Waals surface area contributed by atoms with E-state index in [0.29, 0.717) is 18.0 Å². The average Bonchev–Trinajstić information content (AvgIpc) is 3.15. The molecule has 0 atom stereocenters. The molecule has 0 fully saturated rings. The molecule has 26 heavy (non-hydrogen) atoms. The highest BCUT2D eigenvalue weighted by Crippen LogP contribution is 2.24. The third kappa shape index (κ3) is 4.51. The van der Waals surface area contributed by atoms with Gasteiger partial charge < -0.3 is 0 Å². The molecule has 0 spiro atoms. The summed E-state index contributed by atoms with van der Waals surface area (Å²) in [5, 5.41) is 2.44. The van der Waals surface area contributed by atoms with E-state index in [4.69, 9.17) is 11.6 Å². The number of pyridine rings is 1. The van der Waals surface area contributed by atoms with E-state index in [9.17, 15) is 8.42 Å². The second-order valence-electron chi connectivity index (χ2n) is 5.94. The molecule has 7 heteroatoms. The van der Waals surface area contributed by atoms with E-state index in [1.165, 1.54) is 10.4 Å². The van der Waals surface area contributed by atoms with Gasteiger partial charge in [-0.25, -0.2) is 8.42 Å². The van der Waals surface area contributed by atoms with Gasteiger partial charge in [0.1, 0.15) is 0 Å². The molecule has 0 bridgehead atoms. The predicted octanol–water partition coefficient (Wildman–Crippen LogP) is 4.54. The Kier molecular flexibility index (Phi) is 6.09. The lowest BCUT2D eigenvalue weighted by molar-refractivity contribution is 0.410. The molecular weight excluding hydrogens is 388 g/mol. The van der Waals surface area contributed by atoms with Crippen molar-refractivity contribution in [3.8, 4) is 0 Å². The number of nitrogens with zero attached hydrogens (tertiary/aromatic N) is 2. The number of halogens is 1. The third-order valence-electron chi connectivity index (χ3n) is 4.05. The molecule has 0 unspecified atom stereocenters. The van der Waals surface area contributed by atoms with Crippen LogP contribution >= 0.6 is 22.9 Å². The molecule has 3 rings (SSSR count). The number of benzene rings is 1. The average molecular weight is 407 g/mol. The van der Waals surface area contributed by atoms with E-state index in [1.807, 2.05) is 36.6 Å². The van der Waals surface area contributed by atoms with Gasteiger partial charge in [0.2, 0.25) is 10.0 Å². The van der Waals surface area contributed by atoms with E-state index in [-0.39, 0.29) is 11.4 Å². The Labute approximate surface area is 163 Å². The van der Waals surface area contributed by atoms with E-state index in [0.717, 1.165) is 16.0 Å². The minimum Gasteiger partial charge on any atom is -0.264 e. The molecule has 0 aliphatic rings. The number of sulfonamides is 1. The van der Waals surface area contributed by atoms with Crippen LogP contribution in [0, 0.1) is 6.92 Å². The zero-order valence-electron chi connectivity index (χ0n) is 14.3. The third-order valence-corrected chi connectivity index (χ3v) is 7.24. The van der Waals surface area contributed by atoms with Crippen molar-refractivity contribution in [2.24, 2.45) is 0 Å². The van der Waals surface area contributed by atoms with Crippen molar-refractivity contribution in [1.29, 1.82) is 0 Å². The maximum Gasteiger partial charge on any atom is 0.243 e. The minimum atomic E-state index is -3.67. The van der Waals surface area contributed by atoms with Crippen molar-refractivity contribution in [3.63, 3.8) is 0 Å². The molecule has 0 aliphatic carbocycles. The first-order valence-corrected chi connectivity index (χ1v) is 10.8. The number of hydrogen-bond donors (Lipinski definition) is 0. The van der Waals surface area contributed by atoms with Crippen molar-refractivity contribution < 1.29 is 8.42 Å². The molecule has 0 N–H and O–H groups in total. The lowest BCUT2D eigenvalue weighted by Crippen LogP contribution is -2.32. The standard InChI is InChI=1S/C19H19ClN2O2S2/c1-15-6-7-18(12-19(15)20)26(23,24)22(10-8-17-5-3-11-25-17)14-16-4-2-9-21-13-16/h2-7,9,11-13H,8,10,14H2,1H3. The van der Waals surface area contributed by atoms with Crippen LogP contribution in [0.15, 0.2) is 65.1 Å². The van der Waals surface area contributed by atoms with E-state index in [2.05, 4.69) is 4.98 Å². The smallest absolute Gasteiger partial charge is 0.243 e. The summed E-state index contributed by atoms with van der Waals surface area (Å²) in [6.07, 6.45) is 4.03. The first-order valence-electron chi connectivity index (χ1n) is 8.14. The van der Waals surface area contributed by atoms with E-state index < -0.39 is 10.0 Å². The van der Waals surface area contributed by atoms with E-state index in [1.54, 1.807) is 35.9 Å². The summed E-state index contributed by atoms with van der Waals surface area (Å²) >= 11 is 7.78. The van der Waals surface area contributed by atoms with Crippen LogP contribution < -0.4 is 0 Å². The molecule has 3 aromatic rings. The lowest BCUT2D eigenvalue weighted by atomic mass is 10.2. The maximum atomic E-state index is 13.2. The molecular formula is C19H19ClN2O2S2. The van der Waals surface area contributed by atoms with Crippen LogP contribution in [-0.2, 0) is 23.0 Å². The predicted molar refractivity (Wildman–Crippen MR) is 106 cm³/mol. The Morgan fingerprint density at radius 2 is 2.04 bits per heavy atom. The summed E-state index contributed by atoms with van der Waals surface area (Å²) in [6.45, 7) is 2.51. The van der Waals surface area contributed by atoms with Gasteiger partial charge in [0.15, 0.2) is 0 Å². The van der Waals surface area contributed by atoms with Crippen LogP contribution in [0.2, 0.25) is 5.02 Å². The highest BCUT2D eigenvalue weighted by atomic mass is 35.5. The van der Waals surface area contributed by atoms with Gasteiger partial charge in [-0.05, 0) is 54.1 Å². The van der Waals surface area contributed by atoms with Crippen LogP contribution in [0.25, 0.3) is 0 Å². The van der Waals surface area contributed by atoms with Crippen LogP contribution in [-0.4, -0.2) is 24.3 Å². The minimum absolute atomic E-state index is 0.211. The van der Waals surface area contributed by atoms with Gasteiger partial charge in [0.25, 0.3) is 0 Å². The summed E-state index contributed by atoms with van der Waals surface area (Å²) < 4.78 is 27.9. The number of hydrogen-bond acceptors (Lipinski definition) is 4. The van der Waals surface area contributed by atoms with Crippen LogP contribution in [0.1, 0.15) is 16.0 Å². The fourth-order valence-electron chi connectivity index (χ4n) is 2.55. The highest BCUT2D eigenvalue weighted by Gasteiger charge is 2.25. The number of aromatic nitrogens is 1. The fourth-order valence-corrected chi connectivity index (χ4v) is 4.95. The first-order chi connectivity index (χ1) is 12.5. The van der Waals surface area contributed by atoms with Gasteiger partial charge >= 0.3 is 0 Å². The number of thiophene rings is 1. The van der Waals surface area contributed by atoms with Gasteiger partial charge in [-0.15, -0.1) is 11.3 Å². The Morgan fingerprint density at radius 1 is 1.19 bits per heavy atom. The Balaban J connectivity index is 1.90. The van der Waals surface area contributed by atoms with Gasteiger partial charge in [0.05, 0.1) is 4.90 Å². The zero-order valence-corrected chi connectivity index (χ0v) is 16.7. The fraction of sp³-hybridized carbons (Fsp3) is 0.211. The van der Waals surface area contributed by atoms with Crippen LogP contribution in [0.3, 0.4) is 0 Å². The molecule has 0 amide bonds. The molecule has 4 nitrogen and oxygen atoms in total. The normalized spacial score (nSPS) is 11.8. The molecule has 0 aliphatic heterocycles. The summed E-state index contributed by atoms with van der Waals surface area (Å²) in [5.74, 6) is 0. The highest BCUT2D eigenvalue weighted by molar-refractivity contribution is 7.89. The Bertz CT molecular complexity index is 958. The molecule has 136 valence electrons. The van der Waals surface area contributed by atoms with Crippen molar-refractivity contribution >= 4 is 33.0 Å². The van der Waals surface area contributed by atoms with Crippen molar-refractivity contribution in [2.75, 3.05) is 6.54 Å². The van der Waals surface area contributed by atoms with Gasteiger partial charge in [-0.1, -0.05) is 29.8 Å². The SMILES string of the molecule is Cc1ccc(S(=O)(=O)N(CCc2cccs2)Cc2cccnc2)cc1Cl. The topological polar surface area (TPSA) is 50.3 Å². The van der Waals surface area contributed by atoms with Gasteiger partial charge in [-0.3, -0.25) is 4.98 Å². The molecule has 0 saturated heterocycles. The van der Waals surface area contributed by atoms with E-state index >= 15 is 0 Å². The Morgan fingerprint density at radius 3 is 2.69 bits per heavy atom. The second kappa shape index (κ2) is 8.31. The Hall–Kier alpha value is -1.73. The second-order valence-corrected chi connectivity index (χ2v) is 9.32. The summed E-state index contributed by atoms with van der Waals surface area (Å²) in [7, 11) is -3.67. The molecule has 0 radical (unpaired) electrons. The van der Waals surface area contributed by atoms with Crippen molar-refractivity contribution in [2.45, 2.75) is 24.8 Å². The largest absolute Gasteiger partial charge is 0.264 e. The van der Waals surface area contributed by atoms with Crippen molar-refractivity contribution in [1.82, 2.24) is 9.29 Å². The first kappa shape index (κ1) is 19.0. The molecule has 1 aromatic carbocycles. The van der Waals surface area contributed by atoms with Gasteiger partial charge in [0, 0.05) is 35.4 Å². The van der Waals surface area contributed by atoms with Crippen molar-refractivity contribution in [3.05, 3.63) is 81.3 Å².